The zero-order valence-corrected chi connectivity index (χ0v) is 19.3. The molecule has 2 aromatic rings. The lowest BCUT2D eigenvalue weighted by Crippen LogP contribution is -2.54. The summed E-state index contributed by atoms with van der Waals surface area (Å²) < 4.78 is 32.9. The summed E-state index contributed by atoms with van der Waals surface area (Å²) in [6.07, 6.45) is 0.340. The van der Waals surface area contributed by atoms with Gasteiger partial charge in [-0.3, -0.25) is 0 Å². The van der Waals surface area contributed by atoms with Gasteiger partial charge < -0.3 is 14.7 Å². The first-order valence-electron chi connectivity index (χ1n) is 9.78. The van der Waals surface area contributed by atoms with E-state index >= 15 is 0 Å². The van der Waals surface area contributed by atoms with Gasteiger partial charge in [-0.2, -0.15) is 0 Å². The van der Waals surface area contributed by atoms with Gasteiger partial charge in [0.25, 0.3) is 0 Å². The first-order valence-corrected chi connectivity index (χ1v) is 11.4. The van der Waals surface area contributed by atoms with Gasteiger partial charge in [0.15, 0.2) is 0 Å². The maximum absolute atomic E-state index is 13.0. The Morgan fingerprint density at radius 2 is 1.87 bits per heavy atom. The number of ether oxygens (including phenoxy) is 1. The van der Waals surface area contributed by atoms with E-state index in [0.29, 0.717) is 18.7 Å². The summed E-state index contributed by atoms with van der Waals surface area (Å²) in [7, 11) is 1.99. The molecule has 3 rings (SSSR count). The molecule has 0 saturated carbocycles. The minimum Gasteiger partial charge on any atom is -0.497 e. The van der Waals surface area contributed by atoms with Crippen LogP contribution in [0.5, 0.6) is 5.75 Å². The maximum atomic E-state index is 13.0. The molecule has 1 aliphatic heterocycles. The molecule has 166 valence electrons. The van der Waals surface area contributed by atoms with Crippen molar-refractivity contribution in [1.29, 1.82) is 0 Å². The van der Waals surface area contributed by atoms with Crippen molar-refractivity contribution in [2.45, 2.75) is 17.8 Å². The molecule has 1 fully saturated rings. The van der Waals surface area contributed by atoms with Crippen LogP contribution in [0.4, 0.5) is 0 Å². The molecule has 0 aromatic heterocycles. The van der Waals surface area contributed by atoms with E-state index in [4.69, 9.17) is 4.74 Å². The van der Waals surface area contributed by atoms with Crippen molar-refractivity contribution in [2.75, 3.05) is 40.8 Å². The smallest absolute Gasteiger partial charge is 0.218 e. The quantitative estimate of drug-likeness (QED) is 0.696. The predicted molar refractivity (Wildman–Crippen MR) is 121 cm³/mol. The molecular weight excluding hydrogens is 424 g/mol. The number of piperidine rings is 1. The summed E-state index contributed by atoms with van der Waals surface area (Å²) >= 11 is 0. The van der Waals surface area contributed by atoms with E-state index in [9.17, 15) is 13.5 Å². The zero-order chi connectivity index (χ0) is 21.1. The molecule has 0 radical (unpaired) electrons. The number of rotatable bonds is 7. The summed E-state index contributed by atoms with van der Waals surface area (Å²) in [4.78, 5) is 1.99. The van der Waals surface area contributed by atoms with Crippen LogP contribution in [0, 0.1) is 5.92 Å². The molecule has 0 unspecified atom stereocenters. The number of benzene rings is 2. The fraction of sp³-hybridized carbons (Fsp3) is 0.455. The van der Waals surface area contributed by atoms with Crippen LogP contribution in [-0.2, 0) is 21.4 Å². The topological polar surface area (TPSA) is 70.1 Å². The highest BCUT2D eigenvalue weighted by Gasteiger charge is 2.45. The highest BCUT2D eigenvalue weighted by Crippen LogP contribution is 2.40. The molecule has 8 heteroatoms. The van der Waals surface area contributed by atoms with Crippen molar-refractivity contribution in [3.8, 4) is 5.75 Å². The van der Waals surface area contributed by atoms with Gasteiger partial charge in [0.1, 0.15) is 5.75 Å². The number of hydrogen-bond donors (Lipinski definition) is 1. The fourth-order valence-corrected chi connectivity index (χ4v) is 5.61. The van der Waals surface area contributed by atoms with Gasteiger partial charge in [-0.15, -0.1) is 12.4 Å². The number of methoxy groups -OCH3 is 1. The van der Waals surface area contributed by atoms with E-state index in [1.165, 1.54) is 4.31 Å². The van der Waals surface area contributed by atoms with Crippen LogP contribution < -0.4 is 4.74 Å². The fourth-order valence-electron chi connectivity index (χ4n) is 4.04. The third-order valence-corrected chi connectivity index (χ3v) is 7.40. The lowest BCUT2D eigenvalue weighted by Gasteiger charge is -2.45. The number of nitrogens with zero attached hydrogens (tertiary/aromatic N) is 2. The average molecular weight is 455 g/mol. The van der Waals surface area contributed by atoms with E-state index in [1.54, 1.807) is 7.11 Å². The molecule has 2 atom stereocenters. The number of aliphatic hydroxyl groups is 1. The molecule has 1 N–H and O–H groups in total. The van der Waals surface area contributed by atoms with Gasteiger partial charge in [0.05, 0.1) is 18.5 Å². The molecule has 0 amide bonds. The summed E-state index contributed by atoms with van der Waals surface area (Å²) in [6.45, 7) is 1.14. The van der Waals surface area contributed by atoms with Crippen LogP contribution in [0.1, 0.15) is 17.5 Å². The number of halogens is 1. The summed E-state index contributed by atoms with van der Waals surface area (Å²) in [6, 6.07) is 16.6. The van der Waals surface area contributed by atoms with Crippen molar-refractivity contribution in [1.82, 2.24) is 9.21 Å². The molecule has 0 aliphatic carbocycles. The molecular formula is C22H31ClN2O4S. The Bertz CT molecular complexity index is 924. The Hall–Kier alpha value is -1.64. The predicted octanol–water partition coefficient (Wildman–Crippen LogP) is 2.72. The molecule has 0 spiro atoms. The number of sulfonamides is 1. The Labute approximate surface area is 185 Å². The van der Waals surface area contributed by atoms with Crippen molar-refractivity contribution < 1.29 is 18.3 Å². The molecule has 1 heterocycles. The Morgan fingerprint density at radius 3 is 2.50 bits per heavy atom. The van der Waals surface area contributed by atoms with Gasteiger partial charge >= 0.3 is 0 Å². The van der Waals surface area contributed by atoms with Gasteiger partial charge in [0.2, 0.25) is 10.0 Å². The molecule has 1 saturated heterocycles. The third kappa shape index (κ3) is 5.53. The van der Waals surface area contributed by atoms with Crippen LogP contribution in [0.15, 0.2) is 54.6 Å². The van der Waals surface area contributed by atoms with Crippen LogP contribution in [0.2, 0.25) is 0 Å². The molecule has 30 heavy (non-hydrogen) atoms. The van der Waals surface area contributed by atoms with E-state index in [2.05, 4.69) is 0 Å². The Morgan fingerprint density at radius 1 is 1.17 bits per heavy atom. The minimum absolute atomic E-state index is 0. The van der Waals surface area contributed by atoms with Crippen molar-refractivity contribution in [2.24, 2.45) is 5.92 Å². The third-order valence-electron chi connectivity index (χ3n) is 5.58. The normalized spacial score (nSPS) is 22.5. The highest BCUT2D eigenvalue weighted by atomic mass is 35.5. The Kier molecular flexibility index (Phi) is 8.30. The van der Waals surface area contributed by atoms with E-state index in [1.807, 2.05) is 73.6 Å². The van der Waals surface area contributed by atoms with Crippen LogP contribution in [0.25, 0.3) is 0 Å². The monoisotopic (exact) mass is 454 g/mol. The van der Waals surface area contributed by atoms with E-state index in [-0.39, 0.29) is 37.2 Å². The number of hydrogen-bond acceptors (Lipinski definition) is 5. The van der Waals surface area contributed by atoms with Crippen LogP contribution >= 0.6 is 12.4 Å². The second-order valence-electron chi connectivity index (χ2n) is 7.97. The summed E-state index contributed by atoms with van der Waals surface area (Å²) in [5.74, 6) is 0.391. The molecule has 1 aliphatic rings. The largest absolute Gasteiger partial charge is 0.497 e. The zero-order valence-electron chi connectivity index (χ0n) is 17.7. The van der Waals surface area contributed by atoms with Gasteiger partial charge in [-0.05, 0) is 43.8 Å². The van der Waals surface area contributed by atoms with Crippen molar-refractivity contribution in [3.05, 3.63) is 65.7 Å². The lowest BCUT2D eigenvalue weighted by molar-refractivity contribution is -0.0698. The standard InChI is InChI=1S/C22H30N2O4S.ClH/c1-23(2)15-20-16-24(29(26,27)17-18-8-5-4-6-9-18)13-12-22(20,25)19-10-7-11-21(14-19)28-3;/h4-11,14,20,25H,12-13,15-17H2,1-3H3;1H/t20-,22-;/m1./s1. The minimum atomic E-state index is -3.47. The first kappa shape index (κ1) is 24.6. The van der Waals surface area contributed by atoms with Gasteiger partial charge in [-0.25, -0.2) is 12.7 Å². The van der Waals surface area contributed by atoms with E-state index < -0.39 is 15.6 Å². The summed E-state index contributed by atoms with van der Waals surface area (Å²) in [5, 5.41) is 11.6. The second-order valence-corrected chi connectivity index (χ2v) is 9.93. The van der Waals surface area contributed by atoms with Crippen LogP contribution in [0.3, 0.4) is 0 Å². The van der Waals surface area contributed by atoms with Gasteiger partial charge in [-0.1, -0.05) is 42.5 Å². The maximum Gasteiger partial charge on any atom is 0.218 e. The first-order chi connectivity index (χ1) is 13.7. The SMILES string of the molecule is COc1cccc([C@]2(O)CCN(S(=O)(=O)Cc3ccccc3)C[C@H]2CN(C)C)c1.Cl. The summed E-state index contributed by atoms with van der Waals surface area (Å²) in [5.41, 5.74) is 0.423. The highest BCUT2D eigenvalue weighted by molar-refractivity contribution is 7.88. The van der Waals surface area contributed by atoms with Crippen molar-refractivity contribution >= 4 is 22.4 Å². The lowest BCUT2D eigenvalue weighted by atomic mass is 9.76. The Balaban J connectivity index is 0.00000320. The second kappa shape index (κ2) is 10.1. The molecule has 0 bridgehead atoms. The molecule has 6 nitrogen and oxygen atoms in total. The van der Waals surface area contributed by atoms with E-state index in [0.717, 1.165) is 11.1 Å². The average Bonchev–Trinajstić information content (AvgIpc) is 2.69. The van der Waals surface area contributed by atoms with Crippen molar-refractivity contribution in [3.63, 3.8) is 0 Å². The van der Waals surface area contributed by atoms with Crippen LogP contribution in [-0.4, -0.2) is 63.6 Å². The van der Waals surface area contributed by atoms with Gasteiger partial charge in [0, 0.05) is 25.6 Å². The molecule has 2 aromatic carbocycles.